The van der Waals surface area contributed by atoms with Gasteiger partial charge in [0.1, 0.15) is 6.54 Å². The van der Waals surface area contributed by atoms with Crippen molar-refractivity contribution in [1.29, 1.82) is 0 Å². The fourth-order valence-corrected chi connectivity index (χ4v) is 2.17. The number of rotatable bonds is 4. The van der Waals surface area contributed by atoms with Gasteiger partial charge in [0.2, 0.25) is 0 Å². The molecule has 0 aliphatic heterocycles. The van der Waals surface area contributed by atoms with Gasteiger partial charge >= 0.3 is 5.97 Å². The summed E-state index contributed by atoms with van der Waals surface area (Å²) in [7, 11) is 3.04. The molecule has 0 saturated heterocycles. The number of hydrogen-bond donors (Lipinski definition) is 0. The van der Waals surface area contributed by atoms with Gasteiger partial charge in [0, 0.05) is 22.8 Å². The number of carbonyl (C=O) groups is 1. The molecule has 0 aliphatic rings. The number of halogens is 1. The highest BCUT2D eigenvalue weighted by molar-refractivity contribution is 14.1. The number of anilines is 1. The van der Waals surface area contributed by atoms with Crippen molar-refractivity contribution in [3.05, 3.63) is 31.9 Å². The van der Waals surface area contributed by atoms with Crippen molar-refractivity contribution in [2.24, 2.45) is 0 Å². The Bertz CT molecular complexity index is 450. The van der Waals surface area contributed by atoms with Gasteiger partial charge in [-0.25, -0.2) is 0 Å². The van der Waals surface area contributed by atoms with E-state index in [-0.39, 0.29) is 18.2 Å². The molecule has 0 heterocycles. The number of nitro benzene ring substituents is 1. The fraction of sp³-hybridized carbons (Fsp3) is 0.300. The van der Waals surface area contributed by atoms with Crippen molar-refractivity contribution in [2.45, 2.75) is 0 Å². The normalized spacial score (nSPS) is 9.82. The van der Waals surface area contributed by atoms with Gasteiger partial charge in [0.25, 0.3) is 5.69 Å². The van der Waals surface area contributed by atoms with Gasteiger partial charge in [-0.1, -0.05) is 0 Å². The first-order chi connectivity index (χ1) is 7.95. The number of likely N-dealkylation sites (N-methyl/N-ethyl adjacent to an activating group) is 1. The van der Waals surface area contributed by atoms with E-state index in [4.69, 9.17) is 0 Å². The summed E-state index contributed by atoms with van der Waals surface area (Å²) in [6.45, 7) is 0.102. The largest absolute Gasteiger partial charge is 0.468 e. The Labute approximate surface area is 112 Å². The molecule has 17 heavy (non-hydrogen) atoms. The summed E-state index contributed by atoms with van der Waals surface area (Å²) < 4.78 is 5.26. The van der Waals surface area contributed by atoms with Crippen molar-refractivity contribution < 1.29 is 14.5 Å². The molecule has 0 amide bonds. The van der Waals surface area contributed by atoms with E-state index in [2.05, 4.69) is 4.74 Å². The van der Waals surface area contributed by atoms with E-state index in [1.54, 1.807) is 18.0 Å². The van der Waals surface area contributed by atoms with Crippen LogP contribution in [0, 0.1) is 13.7 Å². The van der Waals surface area contributed by atoms with E-state index in [1.165, 1.54) is 19.2 Å². The summed E-state index contributed by atoms with van der Waals surface area (Å²) in [5.41, 5.74) is 0.784. The van der Waals surface area contributed by atoms with Crippen LogP contribution >= 0.6 is 22.6 Å². The predicted molar refractivity (Wildman–Crippen MR) is 71.1 cm³/mol. The maximum atomic E-state index is 11.1. The van der Waals surface area contributed by atoms with E-state index < -0.39 is 4.92 Å². The van der Waals surface area contributed by atoms with Crippen LogP contribution in [0.1, 0.15) is 0 Å². The lowest BCUT2D eigenvalue weighted by Gasteiger charge is -2.18. The van der Waals surface area contributed by atoms with E-state index >= 15 is 0 Å². The van der Waals surface area contributed by atoms with Gasteiger partial charge in [-0.15, -0.1) is 0 Å². The molecule has 0 unspecified atom stereocenters. The molecule has 7 heteroatoms. The number of methoxy groups -OCH3 is 1. The average Bonchev–Trinajstić information content (AvgIpc) is 2.28. The first-order valence-electron chi connectivity index (χ1n) is 4.67. The molecule has 0 radical (unpaired) electrons. The number of nitrogens with zero attached hydrogens (tertiary/aromatic N) is 2. The molecule has 92 valence electrons. The van der Waals surface area contributed by atoms with Crippen LogP contribution in [0.3, 0.4) is 0 Å². The Balaban J connectivity index is 2.92. The molecule has 0 spiro atoms. The van der Waals surface area contributed by atoms with Gasteiger partial charge in [0.05, 0.1) is 17.7 Å². The Hall–Kier alpha value is -1.38. The average molecular weight is 350 g/mol. The van der Waals surface area contributed by atoms with Crippen LogP contribution in [0.5, 0.6) is 0 Å². The first-order valence-corrected chi connectivity index (χ1v) is 5.75. The third kappa shape index (κ3) is 3.55. The monoisotopic (exact) mass is 350 g/mol. The van der Waals surface area contributed by atoms with Crippen LogP contribution in [-0.2, 0) is 9.53 Å². The van der Waals surface area contributed by atoms with Crippen LogP contribution in [0.25, 0.3) is 0 Å². The Morgan fingerprint density at radius 2 is 2.24 bits per heavy atom. The van der Waals surface area contributed by atoms with E-state index in [9.17, 15) is 14.9 Å². The van der Waals surface area contributed by atoms with Crippen LogP contribution in [0.4, 0.5) is 11.4 Å². The summed E-state index contributed by atoms with van der Waals surface area (Å²) >= 11 is 2.00. The lowest BCUT2D eigenvalue weighted by molar-refractivity contribution is -0.384. The van der Waals surface area contributed by atoms with Gasteiger partial charge in [0.15, 0.2) is 0 Å². The predicted octanol–water partition coefficient (Wildman–Crippen LogP) is 1.81. The van der Waals surface area contributed by atoms with Gasteiger partial charge in [-0.05, 0) is 28.7 Å². The maximum Gasteiger partial charge on any atom is 0.325 e. The molecule has 0 atom stereocenters. The number of esters is 1. The van der Waals surface area contributed by atoms with Crippen LogP contribution in [0.2, 0.25) is 0 Å². The standard InChI is InChI=1S/C10H11IN2O4/c1-12(6-10(14)17-2)9-4-3-7(13(15)16)5-8(9)11/h3-5H,6H2,1-2H3. The molecule has 1 aromatic carbocycles. The summed E-state index contributed by atoms with van der Waals surface area (Å²) in [6.07, 6.45) is 0. The molecule has 6 nitrogen and oxygen atoms in total. The summed E-state index contributed by atoms with van der Waals surface area (Å²) in [4.78, 5) is 22.9. The van der Waals surface area contributed by atoms with Crippen molar-refractivity contribution in [1.82, 2.24) is 0 Å². The highest BCUT2D eigenvalue weighted by atomic mass is 127. The topological polar surface area (TPSA) is 72.7 Å². The van der Waals surface area contributed by atoms with Crippen molar-refractivity contribution in [2.75, 3.05) is 25.6 Å². The second-order valence-corrected chi connectivity index (χ2v) is 4.49. The Morgan fingerprint density at radius 3 is 2.71 bits per heavy atom. The molecule has 0 aliphatic carbocycles. The van der Waals surface area contributed by atoms with Crippen molar-refractivity contribution >= 4 is 39.9 Å². The second kappa shape index (κ2) is 5.80. The van der Waals surface area contributed by atoms with Crippen LogP contribution in [0.15, 0.2) is 18.2 Å². The zero-order valence-corrected chi connectivity index (χ0v) is 11.5. The number of carbonyl (C=O) groups excluding carboxylic acids is 1. The molecule has 0 fully saturated rings. The smallest absolute Gasteiger partial charge is 0.325 e. The quantitative estimate of drug-likeness (QED) is 0.358. The number of nitro groups is 1. The zero-order valence-electron chi connectivity index (χ0n) is 9.34. The summed E-state index contributed by atoms with van der Waals surface area (Å²) in [5.74, 6) is -0.360. The first kappa shape index (κ1) is 13.7. The lowest BCUT2D eigenvalue weighted by atomic mass is 10.2. The minimum absolute atomic E-state index is 0.0321. The molecule has 0 saturated carbocycles. The molecular weight excluding hydrogens is 339 g/mol. The molecule has 0 aromatic heterocycles. The van der Waals surface area contributed by atoms with Gasteiger partial charge < -0.3 is 9.64 Å². The van der Waals surface area contributed by atoms with Crippen LogP contribution < -0.4 is 4.90 Å². The molecule has 1 rings (SSSR count). The maximum absolute atomic E-state index is 11.1. The third-order valence-electron chi connectivity index (χ3n) is 2.15. The highest BCUT2D eigenvalue weighted by Gasteiger charge is 2.13. The van der Waals surface area contributed by atoms with Crippen molar-refractivity contribution in [3.8, 4) is 0 Å². The SMILES string of the molecule is COC(=O)CN(C)c1ccc([N+](=O)[O-])cc1I. The van der Waals surface area contributed by atoms with E-state index in [0.717, 1.165) is 5.69 Å². The number of ether oxygens (including phenoxy) is 1. The summed E-state index contributed by atoms with van der Waals surface area (Å²) in [6, 6.07) is 4.48. The molecule has 0 N–H and O–H groups in total. The van der Waals surface area contributed by atoms with Crippen molar-refractivity contribution in [3.63, 3.8) is 0 Å². The molecule has 0 bridgehead atoms. The highest BCUT2D eigenvalue weighted by Crippen LogP contribution is 2.25. The zero-order chi connectivity index (χ0) is 13.0. The molecular formula is C10H11IN2O4. The van der Waals surface area contributed by atoms with Gasteiger partial charge in [-0.3, -0.25) is 14.9 Å². The van der Waals surface area contributed by atoms with E-state index in [1.807, 2.05) is 22.6 Å². The third-order valence-corrected chi connectivity index (χ3v) is 3.01. The minimum atomic E-state index is -0.452. The lowest BCUT2D eigenvalue weighted by Crippen LogP contribution is -2.26. The minimum Gasteiger partial charge on any atom is -0.468 e. The Morgan fingerprint density at radius 1 is 1.59 bits per heavy atom. The van der Waals surface area contributed by atoms with Crippen LogP contribution in [-0.4, -0.2) is 31.6 Å². The Kier molecular flexibility index (Phi) is 4.67. The van der Waals surface area contributed by atoms with Gasteiger partial charge in [-0.2, -0.15) is 0 Å². The fourth-order valence-electron chi connectivity index (χ4n) is 1.26. The second-order valence-electron chi connectivity index (χ2n) is 3.33. The number of benzene rings is 1. The number of non-ortho nitro benzene ring substituents is 1. The molecule has 1 aromatic rings. The van der Waals surface area contributed by atoms with E-state index in [0.29, 0.717) is 3.57 Å². The number of hydrogen-bond acceptors (Lipinski definition) is 5. The summed E-state index contributed by atoms with van der Waals surface area (Å²) in [5, 5.41) is 10.6.